The lowest BCUT2D eigenvalue weighted by Gasteiger charge is -2.24. The highest BCUT2D eigenvalue weighted by Gasteiger charge is 2.29. The number of rotatable bonds is 8. The Kier molecular flexibility index (Phi) is 10.2. The van der Waals surface area contributed by atoms with Crippen molar-refractivity contribution >= 4 is 29.9 Å². The minimum absolute atomic E-state index is 0. The Bertz CT molecular complexity index is 531. The highest BCUT2D eigenvalue weighted by Crippen LogP contribution is 2.23. The molecule has 1 aliphatic heterocycles. The number of halogens is 1. The molecule has 0 aromatic heterocycles. The van der Waals surface area contributed by atoms with Crippen LogP contribution in [0.1, 0.15) is 38.7 Å². The summed E-state index contributed by atoms with van der Waals surface area (Å²) in [5, 5.41) is 6.73. The molecule has 0 spiro atoms. The lowest BCUT2D eigenvalue weighted by molar-refractivity contribution is 0.0243. The van der Waals surface area contributed by atoms with Crippen LogP contribution in [0.3, 0.4) is 0 Å². The molecule has 142 valence electrons. The van der Waals surface area contributed by atoms with Crippen molar-refractivity contribution in [2.24, 2.45) is 4.99 Å². The van der Waals surface area contributed by atoms with E-state index in [0.717, 1.165) is 63.7 Å². The molecule has 1 aromatic rings. The molecule has 1 heterocycles. The zero-order valence-corrected chi connectivity index (χ0v) is 18.0. The first kappa shape index (κ1) is 22.0. The molecule has 0 saturated carbocycles. The molecule has 2 rings (SSSR count). The van der Waals surface area contributed by atoms with Crippen LogP contribution < -0.4 is 15.4 Å². The maximum Gasteiger partial charge on any atom is 0.191 e. The first-order valence-corrected chi connectivity index (χ1v) is 8.95. The van der Waals surface area contributed by atoms with Crippen molar-refractivity contribution in [1.29, 1.82) is 0 Å². The number of guanidine groups is 1. The van der Waals surface area contributed by atoms with Crippen molar-refractivity contribution in [3.63, 3.8) is 0 Å². The molecular weight excluding hydrogens is 429 g/mol. The van der Waals surface area contributed by atoms with Crippen LogP contribution in [0.2, 0.25) is 0 Å². The van der Waals surface area contributed by atoms with Crippen LogP contribution in [0.25, 0.3) is 0 Å². The van der Waals surface area contributed by atoms with Gasteiger partial charge in [0, 0.05) is 26.7 Å². The van der Waals surface area contributed by atoms with Gasteiger partial charge in [0.05, 0.1) is 12.2 Å². The zero-order valence-electron chi connectivity index (χ0n) is 15.6. The van der Waals surface area contributed by atoms with E-state index in [1.54, 1.807) is 7.05 Å². The van der Waals surface area contributed by atoms with Crippen LogP contribution in [0.15, 0.2) is 29.3 Å². The van der Waals surface area contributed by atoms with Crippen molar-refractivity contribution < 1.29 is 9.47 Å². The molecule has 1 aliphatic rings. The third-order valence-electron chi connectivity index (χ3n) is 4.23. The van der Waals surface area contributed by atoms with Crippen LogP contribution in [0.4, 0.5) is 0 Å². The van der Waals surface area contributed by atoms with Gasteiger partial charge in [-0.1, -0.05) is 19.1 Å². The third-order valence-corrected chi connectivity index (χ3v) is 4.23. The van der Waals surface area contributed by atoms with Crippen LogP contribution in [0, 0.1) is 0 Å². The van der Waals surface area contributed by atoms with Crippen molar-refractivity contribution in [1.82, 2.24) is 10.6 Å². The van der Waals surface area contributed by atoms with E-state index < -0.39 is 0 Å². The maximum absolute atomic E-state index is 5.80. The first-order valence-electron chi connectivity index (χ1n) is 8.95. The molecule has 0 bridgehead atoms. The standard InChI is InChI=1S/C19H31N3O2.HI/c1-4-12-23-17-8-5-7-16(14-17)9-11-21-18(20-3)22-15-19(2)10-6-13-24-19;/h5,7-8,14H,4,6,9-13,15H2,1-3H3,(H2,20,21,22);1H. The second-order valence-corrected chi connectivity index (χ2v) is 6.50. The topological polar surface area (TPSA) is 54.9 Å². The van der Waals surface area contributed by atoms with E-state index in [1.165, 1.54) is 5.56 Å². The Morgan fingerprint density at radius 3 is 2.88 bits per heavy atom. The molecule has 1 fully saturated rings. The summed E-state index contributed by atoms with van der Waals surface area (Å²) in [6.07, 6.45) is 4.19. The van der Waals surface area contributed by atoms with Crippen LogP contribution in [0.5, 0.6) is 5.75 Å². The van der Waals surface area contributed by atoms with Gasteiger partial charge in [0.15, 0.2) is 5.96 Å². The number of benzene rings is 1. The molecule has 0 amide bonds. The van der Waals surface area contributed by atoms with Crippen LogP contribution in [-0.4, -0.2) is 44.9 Å². The van der Waals surface area contributed by atoms with Gasteiger partial charge in [0.1, 0.15) is 5.75 Å². The first-order chi connectivity index (χ1) is 11.6. The molecule has 1 atom stereocenters. The normalized spacial score (nSPS) is 20.0. The summed E-state index contributed by atoms with van der Waals surface area (Å²) < 4.78 is 11.5. The number of nitrogens with one attached hydrogen (secondary N) is 2. The Labute approximate surface area is 169 Å². The number of nitrogens with zero attached hydrogens (tertiary/aromatic N) is 1. The van der Waals surface area contributed by atoms with Crippen molar-refractivity contribution in [2.75, 3.05) is 33.4 Å². The molecule has 25 heavy (non-hydrogen) atoms. The second-order valence-electron chi connectivity index (χ2n) is 6.50. The van der Waals surface area contributed by atoms with E-state index in [0.29, 0.717) is 0 Å². The fourth-order valence-corrected chi connectivity index (χ4v) is 2.80. The Hall–Kier alpha value is -1.02. The Morgan fingerprint density at radius 1 is 1.36 bits per heavy atom. The molecule has 6 heteroatoms. The average Bonchev–Trinajstić information content (AvgIpc) is 3.03. The summed E-state index contributed by atoms with van der Waals surface area (Å²) in [5.74, 6) is 1.77. The van der Waals surface area contributed by atoms with Gasteiger partial charge in [-0.25, -0.2) is 0 Å². The van der Waals surface area contributed by atoms with Gasteiger partial charge in [-0.3, -0.25) is 4.99 Å². The maximum atomic E-state index is 5.80. The van der Waals surface area contributed by atoms with Crippen molar-refractivity contribution in [2.45, 2.75) is 45.1 Å². The van der Waals surface area contributed by atoms with E-state index in [2.05, 4.69) is 41.6 Å². The number of hydrogen-bond donors (Lipinski definition) is 2. The zero-order chi connectivity index (χ0) is 17.3. The van der Waals surface area contributed by atoms with Crippen molar-refractivity contribution in [3.8, 4) is 5.75 Å². The van der Waals surface area contributed by atoms with E-state index in [4.69, 9.17) is 9.47 Å². The summed E-state index contributed by atoms with van der Waals surface area (Å²) in [7, 11) is 1.80. The van der Waals surface area contributed by atoms with E-state index in [1.807, 2.05) is 12.1 Å². The predicted octanol–water partition coefficient (Wildman–Crippen LogP) is 3.37. The van der Waals surface area contributed by atoms with E-state index in [9.17, 15) is 0 Å². The fourth-order valence-electron chi connectivity index (χ4n) is 2.80. The molecule has 1 saturated heterocycles. The summed E-state index contributed by atoms with van der Waals surface area (Å²) in [4.78, 5) is 4.28. The van der Waals surface area contributed by atoms with E-state index in [-0.39, 0.29) is 29.6 Å². The molecule has 1 aromatic carbocycles. The third kappa shape index (κ3) is 7.81. The highest BCUT2D eigenvalue weighted by atomic mass is 127. The molecule has 0 radical (unpaired) electrons. The Balaban J connectivity index is 0.00000312. The Morgan fingerprint density at radius 2 is 2.20 bits per heavy atom. The number of aliphatic imine (C=N–C) groups is 1. The lowest BCUT2D eigenvalue weighted by Crippen LogP contribution is -2.45. The van der Waals surface area contributed by atoms with Gasteiger partial charge in [-0.05, 0) is 50.3 Å². The quantitative estimate of drug-likeness (QED) is 0.354. The number of hydrogen-bond acceptors (Lipinski definition) is 3. The monoisotopic (exact) mass is 461 g/mol. The largest absolute Gasteiger partial charge is 0.494 e. The van der Waals surface area contributed by atoms with E-state index >= 15 is 0 Å². The molecule has 1 unspecified atom stereocenters. The highest BCUT2D eigenvalue weighted by molar-refractivity contribution is 14.0. The fraction of sp³-hybridized carbons (Fsp3) is 0.632. The van der Waals surface area contributed by atoms with Gasteiger partial charge in [0.25, 0.3) is 0 Å². The van der Waals surface area contributed by atoms with Gasteiger partial charge in [-0.15, -0.1) is 24.0 Å². The van der Waals surface area contributed by atoms with Crippen molar-refractivity contribution in [3.05, 3.63) is 29.8 Å². The predicted molar refractivity (Wildman–Crippen MR) is 114 cm³/mol. The summed E-state index contributed by atoms with van der Waals surface area (Å²) in [6, 6.07) is 8.30. The molecular formula is C19H32IN3O2. The van der Waals surface area contributed by atoms with Gasteiger partial charge in [0.2, 0.25) is 0 Å². The second kappa shape index (κ2) is 11.6. The smallest absolute Gasteiger partial charge is 0.191 e. The lowest BCUT2D eigenvalue weighted by atomic mass is 10.0. The van der Waals surface area contributed by atoms with Crippen LogP contribution in [-0.2, 0) is 11.2 Å². The van der Waals surface area contributed by atoms with Gasteiger partial charge >= 0.3 is 0 Å². The molecule has 2 N–H and O–H groups in total. The van der Waals surface area contributed by atoms with Crippen LogP contribution >= 0.6 is 24.0 Å². The SMILES string of the molecule is CCCOc1cccc(CCNC(=NC)NCC2(C)CCCO2)c1.I. The minimum Gasteiger partial charge on any atom is -0.494 e. The summed E-state index contributed by atoms with van der Waals surface area (Å²) >= 11 is 0. The number of ether oxygens (including phenoxy) is 2. The van der Waals surface area contributed by atoms with Gasteiger partial charge < -0.3 is 20.1 Å². The molecule has 5 nitrogen and oxygen atoms in total. The summed E-state index contributed by atoms with van der Waals surface area (Å²) in [5.41, 5.74) is 1.19. The summed E-state index contributed by atoms with van der Waals surface area (Å²) in [6.45, 7) is 7.51. The minimum atomic E-state index is -0.0669. The molecule has 0 aliphatic carbocycles. The average molecular weight is 461 g/mol. The van der Waals surface area contributed by atoms with Gasteiger partial charge in [-0.2, -0.15) is 0 Å².